The molecule has 0 radical (unpaired) electrons. The fourth-order valence-corrected chi connectivity index (χ4v) is 7.39. The summed E-state index contributed by atoms with van der Waals surface area (Å²) in [5.74, 6) is 3.29. The van der Waals surface area contributed by atoms with Gasteiger partial charge in [-0.1, -0.05) is 13.8 Å². The number of fused-ring (bicyclic) bond motifs is 6. The number of carbonyl (C=O) groups is 1. The van der Waals surface area contributed by atoms with Gasteiger partial charge < -0.3 is 10.5 Å². The van der Waals surface area contributed by atoms with Gasteiger partial charge in [-0.2, -0.15) is 0 Å². The van der Waals surface area contributed by atoms with Crippen LogP contribution in [0.4, 0.5) is 0 Å². The highest BCUT2D eigenvalue weighted by molar-refractivity contribution is 5.92. The van der Waals surface area contributed by atoms with Crippen LogP contribution in [-0.2, 0) is 9.53 Å². The zero-order chi connectivity index (χ0) is 15.3. The molecule has 1 aliphatic heterocycles. The highest BCUT2D eigenvalue weighted by Gasteiger charge is 2.64. The fourth-order valence-electron chi connectivity index (χ4n) is 7.39. The van der Waals surface area contributed by atoms with Crippen LogP contribution in [0.1, 0.15) is 58.8 Å². The van der Waals surface area contributed by atoms with Gasteiger partial charge in [-0.05, 0) is 74.0 Å². The van der Waals surface area contributed by atoms with Gasteiger partial charge in [0.15, 0.2) is 5.78 Å². The van der Waals surface area contributed by atoms with E-state index in [9.17, 15) is 4.79 Å². The number of Topliss-reactive ketones (excluding diaryl/α,β-unsaturated/α-hetero) is 1. The molecule has 0 aromatic carbocycles. The molecule has 1 saturated heterocycles. The molecule has 1 heterocycles. The quantitative estimate of drug-likeness (QED) is 0.700. The lowest BCUT2D eigenvalue weighted by atomic mass is 9.45. The minimum Gasteiger partial charge on any atom is -0.370 e. The largest absolute Gasteiger partial charge is 0.370 e. The number of ketones is 1. The third kappa shape index (κ3) is 1.57. The summed E-state index contributed by atoms with van der Waals surface area (Å²) >= 11 is 0. The summed E-state index contributed by atoms with van der Waals surface area (Å²) in [4.78, 5) is 12.6. The Balaban J connectivity index is 1.49. The Morgan fingerprint density at radius 1 is 1.09 bits per heavy atom. The topological polar surface area (TPSA) is 55.6 Å². The van der Waals surface area contributed by atoms with E-state index in [0.29, 0.717) is 29.3 Å². The van der Waals surface area contributed by atoms with Gasteiger partial charge in [-0.15, -0.1) is 0 Å². The number of rotatable bonds is 0. The van der Waals surface area contributed by atoms with Gasteiger partial charge >= 0.3 is 0 Å². The SMILES string of the molecule is C[C@]12CC3OC3CC1CC[C@@H]1[C@H]2CC[C@]2(C)C(=O)C(N)C[C@@H]12. The lowest BCUT2D eigenvalue weighted by Crippen LogP contribution is -2.53. The van der Waals surface area contributed by atoms with Gasteiger partial charge in [0, 0.05) is 5.41 Å². The van der Waals surface area contributed by atoms with E-state index in [1.807, 2.05) is 0 Å². The van der Waals surface area contributed by atoms with Crippen LogP contribution in [0.5, 0.6) is 0 Å². The number of ether oxygens (including phenoxy) is 1. The van der Waals surface area contributed by atoms with Crippen molar-refractivity contribution in [2.24, 2.45) is 40.2 Å². The molecule has 5 rings (SSSR count). The standard InChI is InChI=1S/C19H29NO2/c1-18-6-5-12-11(13(18)8-14(20)17(18)21)4-3-10-7-15-16(22-15)9-19(10,12)2/h10-16H,3-9,20H2,1-2H3/t10?,11-,12-,13+,14?,15?,16?,18+,19+/m1/s1. The van der Waals surface area contributed by atoms with Crippen LogP contribution in [0, 0.1) is 34.5 Å². The van der Waals surface area contributed by atoms with Crippen molar-refractivity contribution < 1.29 is 9.53 Å². The maximum atomic E-state index is 12.6. The first-order valence-electron chi connectivity index (χ1n) is 9.39. The molecule has 22 heavy (non-hydrogen) atoms. The lowest BCUT2D eigenvalue weighted by molar-refractivity contribution is -0.138. The fraction of sp³-hybridized carbons (Fsp3) is 0.947. The first kappa shape index (κ1) is 14.0. The molecular weight excluding hydrogens is 274 g/mol. The van der Waals surface area contributed by atoms with E-state index >= 15 is 0 Å². The summed E-state index contributed by atoms with van der Waals surface area (Å²) in [7, 11) is 0. The van der Waals surface area contributed by atoms with Crippen LogP contribution >= 0.6 is 0 Å². The van der Waals surface area contributed by atoms with Crippen molar-refractivity contribution in [2.45, 2.75) is 77.0 Å². The third-order valence-electron chi connectivity index (χ3n) is 8.71. The van der Waals surface area contributed by atoms with Crippen LogP contribution in [0.3, 0.4) is 0 Å². The summed E-state index contributed by atoms with van der Waals surface area (Å²) < 4.78 is 5.88. The van der Waals surface area contributed by atoms with Gasteiger partial charge in [-0.3, -0.25) is 4.79 Å². The van der Waals surface area contributed by atoms with E-state index in [2.05, 4.69) is 13.8 Å². The Morgan fingerprint density at radius 3 is 2.73 bits per heavy atom. The summed E-state index contributed by atoms with van der Waals surface area (Å²) in [6, 6.07) is -0.193. The van der Waals surface area contributed by atoms with Crippen molar-refractivity contribution in [1.29, 1.82) is 0 Å². The summed E-state index contributed by atoms with van der Waals surface area (Å²) in [6.07, 6.45) is 9.63. The minimum atomic E-state index is -0.193. The molecule has 0 bridgehead atoms. The number of hydrogen-bond acceptors (Lipinski definition) is 3. The normalized spacial score (nSPS) is 62.7. The molecule has 0 spiro atoms. The van der Waals surface area contributed by atoms with Gasteiger partial charge in [0.2, 0.25) is 0 Å². The Morgan fingerprint density at radius 2 is 1.91 bits per heavy atom. The predicted octanol–water partition coefficient (Wildman–Crippen LogP) is 2.91. The molecule has 0 aromatic rings. The molecular formula is C19H29NO2. The van der Waals surface area contributed by atoms with Crippen molar-refractivity contribution >= 4 is 5.78 Å². The van der Waals surface area contributed by atoms with Crippen LogP contribution in [-0.4, -0.2) is 24.0 Å². The van der Waals surface area contributed by atoms with Gasteiger partial charge in [0.25, 0.3) is 0 Å². The average Bonchev–Trinajstić information content (AvgIpc) is 3.18. The van der Waals surface area contributed by atoms with Crippen LogP contribution in [0.2, 0.25) is 0 Å². The van der Waals surface area contributed by atoms with Gasteiger partial charge in [0.1, 0.15) is 0 Å². The molecule has 4 saturated carbocycles. The monoisotopic (exact) mass is 303 g/mol. The molecule has 122 valence electrons. The van der Waals surface area contributed by atoms with Gasteiger partial charge in [-0.25, -0.2) is 0 Å². The maximum Gasteiger partial charge on any atom is 0.155 e. The second-order valence-electron chi connectivity index (χ2n) is 9.47. The van der Waals surface area contributed by atoms with Crippen LogP contribution in [0.25, 0.3) is 0 Å². The van der Waals surface area contributed by atoms with E-state index in [0.717, 1.165) is 30.6 Å². The predicted molar refractivity (Wildman–Crippen MR) is 84.1 cm³/mol. The Hall–Kier alpha value is -0.410. The second-order valence-corrected chi connectivity index (χ2v) is 9.47. The zero-order valence-electron chi connectivity index (χ0n) is 13.9. The highest BCUT2D eigenvalue weighted by atomic mass is 16.6. The van der Waals surface area contributed by atoms with E-state index in [-0.39, 0.29) is 11.5 Å². The molecule has 5 aliphatic rings. The summed E-state index contributed by atoms with van der Waals surface area (Å²) in [5, 5.41) is 0. The number of nitrogens with two attached hydrogens (primary N) is 1. The Labute approximate surface area is 133 Å². The van der Waals surface area contributed by atoms with Crippen molar-refractivity contribution in [3.8, 4) is 0 Å². The summed E-state index contributed by atoms with van der Waals surface area (Å²) in [6.45, 7) is 4.77. The van der Waals surface area contributed by atoms with Crippen molar-refractivity contribution in [1.82, 2.24) is 0 Å². The molecule has 3 heteroatoms. The lowest BCUT2D eigenvalue weighted by Gasteiger charge is -2.58. The molecule has 4 aliphatic carbocycles. The molecule has 0 aromatic heterocycles. The van der Waals surface area contributed by atoms with Crippen LogP contribution < -0.4 is 5.73 Å². The zero-order valence-corrected chi connectivity index (χ0v) is 13.9. The van der Waals surface area contributed by atoms with E-state index in [1.54, 1.807) is 0 Å². The number of epoxide rings is 1. The molecule has 9 atom stereocenters. The van der Waals surface area contributed by atoms with E-state index in [1.165, 1.54) is 32.1 Å². The number of carbonyl (C=O) groups excluding carboxylic acids is 1. The minimum absolute atomic E-state index is 0.114. The molecule has 0 amide bonds. The van der Waals surface area contributed by atoms with Crippen LogP contribution in [0.15, 0.2) is 0 Å². The molecule has 3 nitrogen and oxygen atoms in total. The molecule has 2 N–H and O–H groups in total. The first-order chi connectivity index (χ1) is 10.4. The Bertz CT molecular complexity index is 534. The summed E-state index contributed by atoms with van der Waals surface area (Å²) in [5.41, 5.74) is 6.51. The first-order valence-corrected chi connectivity index (χ1v) is 9.39. The maximum absolute atomic E-state index is 12.6. The highest BCUT2D eigenvalue weighted by Crippen LogP contribution is 2.67. The van der Waals surface area contributed by atoms with Crippen molar-refractivity contribution in [3.05, 3.63) is 0 Å². The third-order valence-corrected chi connectivity index (χ3v) is 8.71. The molecule has 5 fully saturated rings. The van der Waals surface area contributed by atoms with E-state index < -0.39 is 0 Å². The smallest absolute Gasteiger partial charge is 0.155 e. The van der Waals surface area contributed by atoms with E-state index in [4.69, 9.17) is 10.5 Å². The second kappa shape index (κ2) is 4.16. The Kier molecular flexibility index (Phi) is 2.64. The number of hydrogen-bond donors (Lipinski definition) is 1. The van der Waals surface area contributed by atoms with Crippen molar-refractivity contribution in [3.63, 3.8) is 0 Å². The molecule has 4 unspecified atom stereocenters. The average molecular weight is 303 g/mol. The van der Waals surface area contributed by atoms with Crippen molar-refractivity contribution in [2.75, 3.05) is 0 Å². The van der Waals surface area contributed by atoms with Gasteiger partial charge in [0.05, 0.1) is 18.2 Å².